The number of rotatable bonds is 10. The number of benzene rings is 1. The van der Waals surface area contributed by atoms with Crippen molar-refractivity contribution in [2.24, 2.45) is 4.99 Å². The number of hydrogen-bond acceptors (Lipinski definition) is 6. The number of hydrogen-bond donors (Lipinski definition) is 3. The topological polar surface area (TPSA) is 134 Å². The molecule has 0 fully saturated rings. The molecule has 0 unspecified atom stereocenters. The molecular weight excluding hydrogens is 402 g/mol. The van der Waals surface area contributed by atoms with Gasteiger partial charge in [0.25, 0.3) is 5.56 Å². The zero-order valence-corrected chi connectivity index (χ0v) is 16.6. The van der Waals surface area contributed by atoms with Crippen LogP contribution in [0.5, 0.6) is 5.88 Å². The molecule has 0 radical (unpaired) electrons. The van der Waals surface area contributed by atoms with Crippen molar-refractivity contribution >= 4 is 23.8 Å². The number of aliphatic imine (C=N–C) groups is 1. The van der Waals surface area contributed by atoms with Crippen LogP contribution in [0.3, 0.4) is 0 Å². The van der Waals surface area contributed by atoms with Crippen molar-refractivity contribution in [2.75, 3.05) is 20.3 Å². The van der Waals surface area contributed by atoms with Crippen LogP contribution in [0.4, 0.5) is 0 Å². The molecule has 156 valence electrons. The van der Waals surface area contributed by atoms with Gasteiger partial charge >= 0.3 is 11.7 Å². The lowest BCUT2D eigenvalue weighted by Gasteiger charge is -2.13. The maximum atomic E-state index is 12.1. The van der Waals surface area contributed by atoms with Crippen LogP contribution < -0.4 is 11.2 Å². The first-order valence-electron chi connectivity index (χ1n) is 8.85. The van der Waals surface area contributed by atoms with Crippen molar-refractivity contribution in [1.82, 2.24) is 9.55 Å². The van der Waals surface area contributed by atoms with E-state index in [1.807, 2.05) is 0 Å². The van der Waals surface area contributed by atoms with Gasteiger partial charge in [-0.15, -0.1) is 0 Å². The summed E-state index contributed by atoms with van der Waals surface area (Å²) in [6, 6.07) is 6.74. The Morgan fingerprint density at radius 2 is 2.03 bits per heavy atom. The van der Waals surface area contributed by atoms with E-state index >= 15 is 0 Å². The first-order chi connectivity index (χ1) is 13.8. The average Bonchev–Trinajstić information content (AvgIpc) is 2.66. The minimum Gasteiger partial charge on any atom is -0.494 e. The number of H-pyrrole nitrogens is 1. The van der Waals surface area contributed by atoms with E-state index in [1.54, 1.807) is 24.3 Å². The molecule has 1 heterocycles. The molecule has 29 heavy (non-hydrogen) atoms. The number of aromatic hydroxyl groups is 1. The number of methoxy groups -OCH3 is 1. The zero-order valence-electron chi connectivity index (χ0n) is 15.8. The minimum atomic E-state index is -0.993. The van der Waals surface area contributed by atoms with Gasteiger partial charge in [-0.2, -0.15) is 0 Å². The van der Waals surface area contributed by atoms with Crippen LogP contribution in [0.2, 0.25) is 5.02 Å². The van der Waals surface area contributed by atoms with E-state index in [9.17, 15) is 19.5 Å². The van der Waals surface area contributed by atoms with Crippen LogP contribution in [0, 0.1) is 0 Å². The molecule has 1 aromatic heterocycles. The van der Waals surface area contributed by atoms with Crippen LogP contribution in [0.25, 0.3) is 0 Å². The second-order valence-corrected chi connectivity index (χ2v) is 6.77. The molecule has 0 spiro atoms. The molecular formula is C19H22ClN3O6. The van der Waals surface area contributed by atoms with Crippen LogP contribution in [0.15, 0.2) is 38.8 Å². The number of aliphatic carboxylic acids is 1. The highest BCUT2D eigenvalue weighted by molar-refractivity contribution is 6.30. The lowest BCUT2D eigenvalue weighted by Crippen LogP contribution is -2.32. The lowest BCUT2D eigenvalue weighted by molar-refractivity contribution is -0.137. The van der Waals surface area contributed by atoms with Crippen molar-refractivity contribution in [3.05, 3.63) is 61.3 Å². The Morgan fingerprint density at radius 1 is 1.34 bits per heavy atom. The van der Waals surface area contributed by atoms with Crippen LogP contribution in [-0.2, 0) is 16.1 Å². The van der Waals surface area contributed by atoms with Crippen LogP contribution in [0.1, 0.15) is 29.9 Å². The third-order valence-electron chi connectivity index (χ3n) is 4.25. The summed E-state index contributed by atoms with van der Waals surface area (Å²) in [5.41, 5.74) is -0.949. The van der Waals surface area contributed by atoms with E-state index in [1.165, 1.54) is 7.11 Å². The predicted molar refractivity (Wildman–Crippen MR) is 108 cm³/mol. The van der Waals surface area contributed by atoms with Gasteiger partial charge in [0.05, 0.1) is 6.42 Å². The number of nitrogens with one attached hydrogen (secondary N) is 1. The number of halogens is 1. The summed E-state index contributed by atoms with van der Waals surface area (Å²) in [6.07, 6.45) is 1.44. The number of aromatic nitrogens is 2. The Hall–Kier alpha value is -2.91. The SMILES string of the molecule is COCCCn1c(O)c(C=NC[C@H](CC(=O)O)c2ccc(Cl)cc2)c(=O)[nH]c1=O. The first kappa shape index (κ1) is 22.4. The van der Waals surface area contributed by atoms with Crippen molar-refractivity contribution in [3.63, 3.8) is 0 Å². The Bertz CT molecular complexity index is 981. The predicted octanol–water partition coefficient (Wildman–Crippen LogP) is 1.61. The van der Waals surface area contributed by atoms with E-state index < -0.39 is 29.0 Å². The van der Waals surface area contributed by atoms with Gasteiger partial charge < -0.3 is 14.9 Å². The van der Waals surface area contributed by atoms with E-state index in [0.717, 1.165) is 16.3 Å². The molecule has 2 rings (SSSR count). The summed E-state index contributed by atoms with van der Waals surface area (Å²) in [5.74, 6) is -1.94. The molecule has 0 aliphatic heterocycles. The van der Waals surface area contributed by atoms with Gasteiger partial charge in [0, 0.05) is 44.0 Å². The van der Waals surface area contributed by atoms with E-state index in [-0.39, 0.29) is 25.1 Å². The number of carbonyl (C=O) groups is 1. The minimum absolute atomic E-state index is 0.0651. The third-order valence-corrected chi connectivity index (χ3v) is 4.50. The summed E-state index contributed by atoms with van der Waals surface area (Å²) in [7, 11) is 1.52. The normalized spacial score (nSPS) is 12.3. The Morgan fingerprint density at radius 3 is 2.66 bits per heavy atom. The number of aromatic amines is 1. The lowest BCUT2D eigenvalue weighted by atomic mass is 9.96. The molecule has 10 heteroatoms. The van der Waals surface area contributed by atoms with Crippen molar-refractivity contribution in [3.8, 4) is 5.88 Å². The number of carboxylic acid groups (broad SMARTS) is 1. The molecule has 1 atom stereocenters. The van der Waals surface area contributed by atoms with Gasteiger partial charge in [-0.3, -0.25) is 24.1 Å². The number of nitrogens with zero attached hydrogens (tertiary/aromatic N) is 2. The smallest absolute Gasteiger partial charge is 0.331 e. The number of carboxylic acids is 1. The van der Waals surface area contributed by atoms with E-state index in [4.69, 9.17) is 21.4 Å². The summed E-state index contributed by atoms with van der Waals surface area (Å²) < 4.78 is 5.94. The quantitative estimate of drug-likeness (QED) is 0.392. The maximum absolute atomic E-state index is 12.1. The highest BCUT2D eigenvalue weighted by Crippen LogP contribution is 2.22. The highest BCUT2D eigenvalue weighted by atomic mass is 35.5. The average molecular weight is 424 g/mol. The van der Waals surface area contributed by atoms with Gasteiger partial charge in [0.1, 0.15) is 5.56 Å². The van der Waals surface area contributed by atoms with Crippen LogP contribution >= 0.6 is 11.6 Å². The van der Waals surface area contributed by atoms with Crippen molar-refractivity contribution in [2.45, 2.75) is 25.3 Å². The van der Waals surface area contributed by atoms with Gasteiger partial charge in [-0.1, -0.05) is 23.7 Å². The summed E-state index contributed by atoms with van der Waals surface area (Å²) in [4.78, 5) is 41.4. The standard InChI is InChI=1S/C19H22ClN3O6/c1-29-8-2-7-23-18(27)15(17(26)22-19(23)28)11-21-10-13(9-16(24)25)12-3-5-14(20)6-4-12/h3-6,11,13,27H,2,7-10H2,1H3,(H,24,25)(H,22,26,28)/t13-/m0/s1. The Balaban J connectivity index is 2.25. The molecule has 0 bridgehead atoms. The molecule has 0 amide bonds. The highest BCUT2D eigenvalue weighted by Gasteiger charge is 2.16. The van der Waals surface area contributed by atoms with Crippen LogP contribution in [-0.4, -0.2) is 52.2 Å². The number of ether oxygens (including phenoxy) is 1. The van der Waals surface area contributed by atoms with E-state index in [0.29, 0.717) is 18.1 Å². The van der Waals surface area contributed by atoms with Gasteiger partial charge in [-0.05, 0) is 24.1 Å². The second-order valence-electron chi connectivity index (χ2n) is 6.34. The second kappa shape index (κ2) is 10.6. The van der Waals surface area contributed by atoms with Gasteiger partial charge in [0.15, 0.2) is 0 Å². The molecule has 9 nitrogen and oxygen atoms in total. The maximum Gasteiger partial charge on any atom is 0.331 e. The molecule has 0 aliphatic rings. The van der Waals surface area contributed by atoms with E-state index in [2.05, 4.69) is 9.98 Å². The fourth-order valence-corrected chi connectivity index (χ4v) is 2.90. The fourth-order valence-electron chi connectivity index (χ4n) is 2.77. The largest absolute Gasteiger partial charge is 0.494 e. The zero-order chi connectivity index (χ0) is 21.4. The molecule has 0 saturated carbocycles. The molecule has 0 aliphatic carbocycles. The van der Waals surface area contributed by atoms with Gasteiger partial charge in [-0.25, -0.2) is 4.79 Å². The Kier molecular flexibility index (Phi) is 8.17. The first-order valence-corrected chi connectivity index (χ1v) is 9.23. The van der Waals surface area contributed by atoms with Crippen molar-refractivity contribution < 1.29 is 19.7 Å². The molecule has 3 N–H and O–H groups in total. The summed E-state index contributed by atoms with van der Waals surface area (Å²) in [5, 5.41) is 20.0. The van der Waals surface area contributed by atoms with Gasteiger partial charge in [0.2, 0.25) is 5.88 Å². The molecule has 2 aromatic rings. The summed E-state index contributed by atoms with van der Waals surface area (Å²) in [6.45, 7) is 0.602. The summed E-state index contributed by atoms with van der Waals surface area (Å²) >= 11 is 5.87. The fraction of sp³-hybridized carbons (Fsp3) is 0.368. The monoisotopic (exact) mass is 423 g/mol. The molecule has 1 aromatic carbocycles. The Labute approximate surface area is 171 Å². The molecule has 0 saturated heterocycles. The van der Waals surface area contributed by atoms with Crippen molar-refractivity contribution in [1.29, 1.82) is 0 Å². The third kappa shape index (κ3) is 6.30.